The smallest absolute Gasteiger partial charge is 0.305 e. The van der Waals surface area contributed by atoms with E-state index in [9.17, 15) is 22.8 Å². The lowest BCUT2D eigenvalue weighted by molar-refractivity contribution is -0.141. The summed E-state index contributed by atoms with van der Waals surface area (Å²) in [6.07, 6.45) is 1.40. The number of halogens is 3. The molecule has 1 rings (SSSR count). The van der Waals surface area contributed by atoms with Crippen LogP contribution in [0.2, 0.25) is 0 Å². The lowest BCUT2D eigenvalue weighted by atomic mass is 10.1. The minimum Gasteiger partial charge on any atom is -0.305 e. The Balaban J connectivity index is 2.46. The number of alkyl halides is 3. The second-order valence-electron chi connectivity index (χ2n) is 4.58. The number of thioether (sulfide) groups is 1. The fourth-order valence-electron chi connectivity index (χ4n) is 2.25. The Morgan fingerprint density at radius 1 is 1.35 bits per heavy atom. The Morgan fingerprint density at radius 2 is 1.95 bits per heavy atom. The summed E-state index contributed by atoms with van der Waals surface area (Å²) in [5.74, 6) is -0.739. The van der Waals surface area contributed by atoms with Gasteiger partial charge in [-0.2, -0.15) is 13.2 Å². The molecule has 0 aromatic carbocycles. The second kappa shape index (κ2) is 7.31. The molecule has 0 aromatic rings. The highest BCUT2D eigenvalue weighted by atomic mass is 32.2. The summed E-state index contributed by atoms with van der Waals surface area (Å²) < 4.78 is 35.9. The molecule has 4 nitrogen and oxygen atoms in total. The highest BCUT2D eigenvalue weighted by molar-refractivity contribution is 8.00. The van der Waals surface area contributed by atoms with Crippen LogP contribution in [0.1, 0.15) is 33.1 Å². The van der Waals surface area contributed by atoms with E-state index in [0.717, 1.165) is 0 Å². The Labute approximate surface area is 120 Å². The number of imide groups is 1. The van der Waals surface area contributed by atoms with E-state index < -0.39 is 11.6 Å². The van der Waals surface area contributed by atoms with Gasteiger partial charge in [-0.3, -0.25) is 14.5 Å². The molecule has 116 valence electrons. The van der Waals surface area contributed by atoms with Crippen molar-refractivity contribution in [2.24, 2.45) is 0 Å². The standard InChI is InChI=1S/C12H19F3N2O2S/c1-3-8(4-2)17-10(18)7-9(11(17)19)16-5-6-20-12(13,14)15/h8-9,16H,3-7H2,1-2H3. The van der Waals surface area contributed by atoms with Gasteiger partial charge in [0.2, 0.25) is 11.8 Å². The third-order valence-electron chi connectivity index (χ3n) is 3.25. The predicted octanol–water partition coefficient (Wildman–Crippen LogP) is 2.15. The number of nitrogens with zero attached hydrogens (tertiary/aromatic N) is 1. The Hall–Kier alpha value is -0.760. The Kier molecular flexibility index (Phi) is 6.32. The summed E-state index contributed by atoms with van der Waals surface area (Å²) in [5.41, 5.74) is -4.27. The molecule has 20 heavy (non-hydrogen) atoms. The monoisotopic (exact) mass is 312 g/mol. The van der Waals surface area contributed by atoms with Crippen LogP contribution in [0.5, 0.6) is 0 Å². The molecule has 8 heteroatoms. The molecule has 0 aromatic heterocycles. The summed E-state index contributed by atoms with van der Waals surface area (Å²) in [7, 11) is 0. The van der Waals surface area contributed by atoms with Gasteiger partial charge >= 0.3 is 5.51 Å². The number of hydrogen-bond donors (Lipinski definition) is 1. The van der Waals surface area contributed by atoms with Gasteiger partial charge in [-0.05, 0) is 24.6 Å². The number of amides is 2. The molecular formula is C12H19F3N2O2S. The number of nitrogens with one attached hydrogen (secondary N) is 1. The lowest BCUT2D eigenvalue weighted by Gasteiger charge is -2.24. The second-order valence-corrected chi connectivity index (χ2v) is 5.74. The molecule has 0 saturated carbocycles. The van der Waals surface area contributed by atoms with Gasteiger partial charge in [-0.15, -0.1) is 0 Å². The quantitative estimate of drug-likeness (QED) is 0.578. The van der Waals surface area contributed by atoms with Crippen molar-refractivity contribution >= 4 is 23.6 Å². The summed E-state index contributed by atoms with van der Waals surface area (Å²) in [6, 6.07) is -0.803. The summed E-state index contributed by atoms with van der Waals surface area (Å²) in [6.45, 7) is 3.84. The van der Waals surface area contributed by atoms with E-state index in [4.69, 9.17) is 0 Å². The van der Waals surface area contributed by atoms with E-state index in [2.05, 4.69) is 5.32 Å². The maximum Gasteiger partial charge on any atom is 0.441 e. The molecule has 1 fully saturated rings. The number of rotatable bonds is 7. The predicted molar refractivity (Wildman–Crippen MR) is 71.1 cm³/mol. The van der Waals surface area contributed by atoms with Crippen LogP contribution >= 0.6 is 11.8 Å². The SMILES string of the molecule is CCC(CC)N1C(=O)CC(NCCSC(F)(F)F)C1=O. The van der Waals surface area contributed by atoms with Gasteiger partial charge < -0.3 is 5.32 Å². The van der Waals surface area contributed by atoms with Crippen LogP contribution in [0.15, 0.2) is 0 Å². The first-order valence-electron chi connectivity index (χ1n) is 6.60. The topological polar surface area (TPSA) is 49.4 Å². The third-order valence-corrected chi connectivity index (χ3v) is 3.98. The van der Waals surface area contributed by atoms with Gasteiger partial charge in [0, 0.05) is 18.3 Å². The van der Waals surface area contributed by atoms with Crippen LogP contribution in [0.25, 0.3) is 0 Å². The number of hydrogen-bond acceptors (Lipinski definition) is 4. The normalized spacial score (nSPS) is 20.3. The van der Waals surface area contributed by atoms with Crippen LogP contribution < -0.4 is 5.32 Å². The van der Waals surface area contributed by atoms with Crippen molar-refractivity contribution in [1.29, 1.82) is 0 Å². The van der Waals surface area contributed by atoms with Gasteiger partial charge in [0.15, 0.2) is 0 Å². The van der Waals surface area contributed by atoms with Crippen molar-refractivity contribution in [3.63, 3.8) is 0 Å². The van der Waals surface area contributed by atoms with E-state index >= 15 is 0 Å². The zero-order chi connectivity index (χ0) is 15.3. The van der Waals surface area contributed by atoms with E-state index in [-0.39, 0.29) is 48.3 Å². The van der Waals surface area contributed by atoms with Crippen molar-refractivity contribution in [3.05, 3.63) is 0 Å². The first kappa shape index (κ1) is 17.3. The van der Waals surface area contributed by atoms with Gasteiger partial charge in [0.1, 0.15) is 0 Å². The van der Waals surface area contributed by atoms with Crippen LogP contribution in [0.3, 0.4) is 0 Å². The highest BCUT2D eigenvalue weighted by Crippen LogP contribution is 2.29. The average molecular weight is 312 g/mol. The highest BCUT2D eigenvalue weighted by Gasteiger charge is 2.41. The molecule has 0 bridgehead atoms. The Bertz CT molecular complexity index is 359. The zero-order valence-corrected chi connectivity index (χ0v) is 12.3. The fourth-order valence-corrected chi connectivity index (χ4v) is 2.70. The van der Waals surface area contributed by atoms with Gasteiger partial charge in [0.05, 0.1) is 12.5 Å². The maximum atomic E-state index is 12.1. The average Bonchev–Trinajstić information content (AvgIpc) is 2.63. The van der Waals surface area contributed by atoms with Gasteiger partial charge in [-0.25, -0.2) is 0 Å². The molecule has 1 N–H and O–H groups in total. The zero-order valence-electron chi connectivity index (χ0n) is 11.5. The molecule has 1 atom stereocenters. The number of carbonyl (C=O) groups is 2. The van der Waals surface area contributed by atoms with Crippen molar-refractivity contribution in [2.45, 2.75) is 50.7 Å². The number of likely N-dealkylation sites (tertiary alicyclic amines) is 1. The molecule has 0 aliphatic carbocycles. The fraction of sp³-hybridized carbons (Fsp3) is 0.833. The van der Waals surface area contributed by atoms with Crippen LogP contribution in [0.4, 0.5) is 13.2 Å². The summed E-state index contributed by atoms with van der Waals surface area (Å²) in [5, 5.41) is 2.73. The molecular weight excluding hydrogens is 293 g/mol. The van der Waals surface area contributed by atoms with Crippen molar-refractivity contribution in [3.8, 4) is 0 Å². The molecule has 1 unspecified atom stereocenters. The first-order valence-corrected chi connectivity index (χ1v) is 7.58. The molecule has 1 saturated heterocycles. The van der Waals surface area contributed by atoms with Crippen LogP contribution in [0, 0.1) is 0 Å². The van der Waals surface area contributed by atoms with Crippen molar-refractivity contribution < 1.29 is 22.8 Å². The Morgan fingerprint density at radius 3 is 2.45 bits per heavy atom. The molecule has 0 radical (unpaired) electrons. The first-order chi connectivity index (χ1) is 9.30. The largest absolute Gasteiger partial charge is 0.441 e. The van der Waals surface area contributed by atoms with E-state index in [0.29, 0.717) is 12.8 Å². The molecule has 1 aliphatic heterocycles. The molecule has 0 spiro atoms. The maximum absolute atomic E-state index is 12.1. The number of carbonyl (C=O) groups excluding carboxylic acids is 2. The van der Waals surface area contributed by atoms with Crippen molar-refractivity contribution in [2.75, 3.05) is 12.3 Å². The third kappa shape index (κ3) is 4.66. The molecule has 2 amide bonds. The summed E-state index contributed by atoms with van der Waals surface area (Å²) in [4.78, 5) is 25.2. The lowest BCUT2D eigenvalue weighted by Crippen LogP contribution is -2.44. The minimum absolute atomic E-state index is 0.0337. The minimum atomic E-state index is -4.27. The van der Waals surface area contributed by atoms with Gasteiger partial charge in [-0.1, -0.05) is 13.8 Å². The van der Waals surface area contributed by atoms with Crippen molar-refractivity contribution in [1.82, 2.24) is 10.2 Å². The molecule has 1 aliphatic rings. The van der Waals surface area contributed by atoms with E-state index in [1.807, 2.05) is 13.8 Å². The van der Waals surface area contributed by atoms with Crippen LogP contribution in [-0.2, 0) is 9.59 Å². The van der Waals surface area contributed by atoms with E-state index in [1.54, 1.807) is 0 Å². The van der Waals surface area contributed by atoms with E-state index in [1.165, 1.54) is 4.90 Å². The summed E-state index contributed by atoms with van der Waals surface area (Å²) >= 11 is -0.137. The molecule has 1 heterocycles. The van der Waals surface area contributed by atoms with Gasteiger partial charge in [0.25, 0.3) is 0 Å². The van der Waals surface area contributed by atoms with Crippen LogP contribution in [-0.4, -0.2) is 46.6 Å².